The summed E-state index contributed by atoms with van der Waals surface area (Å²) in [5, 5.41) is 12.7. The van der Waals surface area contributed by atoms with Gasteiger partial charge in [-0.15, -0.1) is 0 Å². The summed E-state index contributed by atoms with van der Waals surface area (Å²) < 4.78 is 0. The highest BCUT2D eigenvalue weighted by atomic mass is 16.3. The maximum atomic E-state index is 12.7. The summed E-state index contributed by atoms with van der Waals surface area (Å²) in [7, 11) is 0. The third-order valence-electron chi connectivity index (χ3n) is 6.18. The van der Waals surface area contributed by atoms with Gasteiger partial charge in [0.2, 0.25) is 11.8 Å². The molecule has 0 saturated carbocycles. The molecule has 160 valence electrons. The van der Waals surface area contributed by atoms with E-state index in [2.05, 4.69) is 10.2 Å². The molecule has 0 aromatic heterocycles. The number of carbonyl (C=O) groups is 2. The lowest BCUT2D eigenvalue weighted by Crippen LogP contribution is -2.50. The third kappa shape index (κ3) is 6.82. The van der Waals surface area contributed by atoms with E-state index in [1.54, 1.807) is 0 Å². The number of benzene rings is 1. The SMILES string of the molecule is O=C(NC(CO)CN1CCCCC1)C1CCN(C(=O)CCc2ccccc2)CC1. The Morgan fingerprint density at radius 3 is 2.38 bits per heavy atom. The Hall–Kier alpha value is -1.92. The molecule has 2 aliphatic heterocycles. The zero-order valence-electron chi connectivity index (χ0n) is 17.4. The Kier molecular flexibility index (Phi) is 8.50. The molecule has 6 nitrogen and oxygen atoms in total. The second kappa shape index (κ2) is 11.3. The van der Waals surface area contributed by atoms with Crippen molar-refractivity contribution in [1.82, 2.24) is 15.1 Å². The largest absolute Gasteiger partial charge is 0.394 e. The molecule has 1 aromatic carbocycles. The van der Waals surface area contributed by atoms with Crippen LogP contribution >= 0.6 is 0 Å². The Morgan fingerprint density at radius 1 is 1.03 bits per heavy atom. The molecule has 0 bridgehead atoms. The lowest BCUT2D eigenvalue weighted by molar-refractivity contribution is -0.136. The normalized spacial score (nSPS) is 19.7. The lowest BCUT2D eigenvalue weighted by Gasteiger charge is -2.33. The average Bonchev–Trinajstić information content (AvgIpc) is 2.78. The molecule has 1 unspecified atom stereocenters. The number of nitrogens with zero attached hydrogens (tertiary/aromatic N) is 2. The molecule has 0 radical (unpaired) electrons. The third-order valence-corrected chi connectivity index (χ3v) is 6.18. The fourth-order valence-corrected chi connectivity index (χ4v) is 4.37. The molecular weight excluding hydrogens is 366 g/mol. The molecular formula is C23H35N3O3. The minimum Gasteiger partial charge on any atom is -0.394 e. The van der Waals surface area contributed by atoms with Crippen LogP contribution in [-0.2, 0) is 16.0 Å². The highest BCUT2D eigenvalue weighted by Gasteiger charge is 2.28. The topological polar surface area (TPSA) is 72.9 Å². The van der Waals surface area contributed by atoms with E-state index >= 15 is 0 Å². The van der Waals surface area contributed by atoms with Gasteiger partial charge in [0.05, 0.1) is 12.6 Å². The minimum absolute atomic E-state index is 0.0254. The van der Waals surface area contributed by atoms with Gasteiger partial charge in [0.25, 0.3) is 0 Å². The smallest absolute Gasteiger partial charge is 0.223 e. The second-order valence-electron chi connectivity index (χ2n) is 8.39. The van der Waals surface area contributed by atoms with Crippen molar-refractivity contribution in [3.8, 4) is 0 Å². The number of carbonyl (C=O) groups excluding carboxylic acids is 2. The van der Waals surface area contributed by atoms with Crippen molar-refractivity contribution >= 4 is 11.8 Å². The van der Waals surface area contributed by atoms with Gasteiger partial charge in [0, 0.05) is 32.0 Å². The number of aryl methyl sites for hydroxylation is 1. The Labute approximate surface area is 174 Å². The molecule has 2 amide bonds. The molecule has 29 heavy (non-hydrogen) atoms. The molecule has 2 aliphatic rings. The lowest BCUT2D eigenvalue weighted by atomic mass is 9.95. The zero-order chi connectivity index (χ0) is 20.5. The molecule has 0 spiro atoms. The van der Waals surface area contributed by atoms with Crippen LogP contribution in [0.4, 0.5) is 0 Å². The minimum atomic E-state index is -0.203. The molecule has 2 heterocycles. The summed E-state index contributed by atoms with van der Waals surface area (Å²) in [6.45, 7) is 4.08. The first-order chi connectivity index (χ1) is 14.2. The first-order valence-corrected chi connectivity index (χ1v) is 11.1. The van der Waals surface area contributed by atoms with Gasteiger partial charge in [-0.1, -0.05) is 36.8 Å². The van der Waals surface area contributed by atoms with Crippen LogP contribution in [0.3, 0.4) is 0 Å². The van der Waals surface area contributed by atoms with Gasteiger partial charge >= 0.3 is 0 Å². The molecule has 2 fully saturated rings. The molecule has 0 aliphatic carbocycles. The van der Waals surface area contributed by atoms with E-state index in [0.29, 0.717) is 32.4 Å². The molecule has 1 atom stereocenters. The van der Waals surface area contributed by atoms with Crippen LogP contribution in [0.1, 0.15) is 44.1 Å². The van der Waals surface area contributed by atoms with Crippen molar-refractivity contribution in [3.63, 3.8) is 0 Å². The van der Waals surface area contributed by atoms with Crippen molar-refractivity contribution < 1.29 is 14.7 Å². The Morgan fingerprint density at radius 2 is 1.72 bits per heavy atom. The van der Waals surface area contributed by atoms with Gasteiger partial charge in [-0.25, -0.2) is 0 Å². The van der Waals surface area contributed by atoms with Crippen molar-refractivity contribution in [1.29, 1.82) is 0 Å². The van der Waals surface area contributed by atoms with Gasteiger partial charge in [-0.2, -0.15) is 0 Å². The van der Waals surface area contributed by atoms with Crippen molar-refractivity contribution in [2.75, 3.05) is 39.3 Å². The van der Waals surface area contributed by atoms with Gasteiger partial charge in [0.15, 0.2) is 0 Å². The van der Waals surface area contributed by atoms with E-state index in [1.165, 1.54) is 24.8 Å². The van der Waals surface area contributed by atoms with E-state index in [0.717, 1.165) is 26.1 Å². The van der Waals surface area contributed by atoms with Crippen LogP contribution in [0, 0.1) is 5.92 Å². The molecule has 3 rings (SSSR count). The van der Waals surface area contributed by atoms with E-state index in [1.807, 2.05) is 35.2 Å². The maximum absolute atomic E-state index is 12.7. The van der Waals surface area contributed by atoms with Gasteiger partial charge in [-0.3, -0.25) is 9.59 Å². The Balaban J connectivity index is 1.38. The second-order valence-corrected chi connectivity index (χ2v) is 8.39. The van der Waals surface area contributed by atoms with E-state index in [9.17, 15) is 14.7 Å². The van der Waals surface area contributed by atoms with Crippen LogP contribution in [0.15, 0.2) is 30.3 Å². The van der Waals surface area contributed by atoms with Crippen LogP contribution in [0.2, 0.25) is 0 Å². The maximum Gasteiger partial charge on any atom is 0.223 e. The fourth-order valence-electron chi connectivity index (χ4n) is 4.37. The average molecular weight is 402 g/mol. The fraction of sp³-hybridized carbons (Fsp3) is 0.652. The molecule has 1 aromatic rings. The van der Waals surface area contributed by atoms with E-state index in [4.69, 9.17) is 0 Å². The molecule has 2 saturated heterocycles. The van der Waals surface area contributed by atoms with Gasteiger partial charge in [-0.05, 0) is 50.8 Å². The van der Waals surface area contributed by atoms with E-state index in [-0.39, 0.29) is 30.4 Å². The van der Waals surface area contributed by atoms with E-state index < -0.39 is 0 Å². The number of likely N-dealkylation sites (tertiary alicyclic amines) is 2. The quantitative estimate of drug-likeness (QED) is 0.697. The summed E-state index contributed by atoms with van der Waals surface area (Å²) >= 11 is 0. The summed E-state index contributed by atoms with van der Waals surface area (Å²) in [5.74, 6) is 0.132. The number of aliphatic hydroxyl groups is 1. The van der Waals surface area contributed by atoms with Crippen LogP contribution in [0.5, 0.6) is 0 Å². The highest BCUT2D eigenvalue weighted by Crippen LogP contribution is 2.19. The first-order valence-electron chi connectivity index (χ1n) is 11.1. The van der Waals surface area contributed by atoms with Crippen LogP contribution in [0.25, 0.3) is 0 Å². The Bertz CT molecular complexity index is 638. The van der Waals surface area contributed by atoms with Crippen LogP contribution in [-0.4, -0.2) is 72.1 Å². The van der Waals surface area contributed by atoms with Gasteiger partial charge < -0.3 is 20.2 Å². The molecule has 6 heteroatoms. The predicted molar refractivity (Wildman–Crippen MR) is 113 cm³/mol. The van der Waals surface area contributed by atoms with Gasteiger partial charge in [0.1, 0.15) is 0 Å². The number of nitrogens with one attached hydrogen (secondary N) is 1. The number of hydrogen-bond donors (Lipinski definition) is 2. The summed E-state index contributed by atoms with van der Waals surface area (Å²) in [4.78, 5) is 29.4. The number of rotatable bonds is 8. The zero-order valence-corrected chi connectivity index (χ0v) is 17.4. The summed E-state index contributed by atoms with van der Waals surface area (Å²) in [5.41, 5.74) is 1.18. The number of aliphatic hydroxyl groups excluding tert-OH is 1. The predicted octanol–water partition coefficient (Wildman–Crippen LogP) is 1.82. The van der Waals surface area contributed by atoms with Crippen molar-refractivity contribution in [2.24, 2.45) is 5.92 Å². The number of hydrogen-bond acceptors (Lipinski definition) is 4. The van der Waals surface area contributed by atoms with Crippen molar-refractivity contribution in [3.05, 3.63) is 35.9 Å². The first kappa shape index (κ1) is 21.8. The summed E-state index contributed by atoms with van der Waals surface area (Å²) in [6, 6.07) is 9.86. The molecule has 2 N–H and O–H groups in total. The van der Waals surface area contributed by atoms with Crippen molar-refractivity contribution in [2.45, 2.75) is 51.0 Å². The summed E-state index contributed by atoms with van der Waals surface area (Å²) in [6.07, 6.45) is 6.34. The monoisotopic (exact) mass is 401 g/mol. The standard InChI is InChI=1S/C23H35N3O3/c27-18-21(17-25-13-5-2-6-14-25)24-23(29)20-11-15-26(16-12-20)22(28)10-9-19-7-3-1-4-8-19/h1,3-4,7-8,20-21,27H,2,5-6,9-18H2,(H,24,29). The van der Waals surface area contributed by atoms with Crippen LogP contribution < -0.4 is 5.32 Å². The number of amides is 2. The number of piperidine rings is 2. The highest BCUT2D eigenvalue weighted by molar-refractivity contribution is 5.80.